The Hall–Kier alpha value is -0.570. The smallest absolute Gasteiger partial charge is 0.225 e. The van der Waals surface area contributed by atoms with E-state index in [0.717, 1.165) is 19.4 Å². The minimum Gasteiger partial charge on any atom is -0.340 e. The Morgan fingerprint density at radius 3 is 2.22 bits per heavy atom. The fourth-order valence-corrected chi connectivity index (χ4v) is 3.42. The number of hydrogen-bond acceptors (Lipinski definition) is 2. The number of nitrogens with one attached hydrogen (secondary N) is 1. The molecule has 0 aliphatic carbocycles. The highest BCUT2D eigenvalue weighted by atomic mass is 16.2. The van der Waals surface area contributed by atoms with Crippen molar-refractivity contribution < 1.29 is 4.79 Å². The zero-order valence-corrected chi connectivity index (χ0v) is 12.3. The first-order chi connectivity index (χ1) is 8.52. The van der Waals surface area contributed by atoms with Gasteiger partial charge >= 0.3 is 0 Å². The van der Waals surface area contributed by atoms with Crippen molar-refractivity contribution >= 4 is 5.91 Å². The monoisotopic (exact) mass is 252 g/mol. The number of fused-ring (bicyclic) bond motifs is 2. The second-order valence-electron chi connectivity index (χ2n) is 6.42. The third-order valence-corrected chi connectivity index (χ3v) is 4.90. The van der Waals surface area contributed by atoms with Gasteiger partial charge in [0.2, 0.25) is 5.91 Å². The molecule has 2 aliphatic heterocycles. The number of amides is 1. The van der Waals surface area contributed by atoms with Gasteiger partial charge in [-0.2, -0.15) is 0 Å². The molecule has 0 aromatic rings. The van der Waals surface area contributed by atoms with Gasteiger partial charge in [0, 0.05) is 30.6 Å². The van der Waals surface area contributed by atoms with Crippen molar-refractivity contribution in [1.29, 1.82) is 0 Å². The molecule has 0 saturated carbocycles. The summed E-state index contributed by atoms with van der Waals surface area (Å²) in [5.41, 5.74) is 0. The summed E-state index contributed by atoms with van der Waals surface area (Å²) in [6.45, 7) is 9.34. The van der Waals surface area contributed by atoms with Crippen molar-refractivity contribution in [2.75, 3.05) is 6.54 Å². The number of rotatable bonds is 4. The summed E-state index contributed by atoms with van der Waals surface area (Å²) < 4.78 is 0. The Morgan fingerprint density at radius 1 is 1.22 bits per heavy atom. The molecule has 2 fully saturated rings. The molecule has 3 atom stereocenters. The van der Waals surface area contributed by atoms with Gasteiger partial charge < -0.3 is 10.2 Å². The fraction of sp³-hybridized carbons (Fsp3) is 0.933. The van der Waals surface area contributed by atoms with Crippen LogP contribution in [-0.4, -0.2) is 35.5 Å². The molecular formula is C15H28N2O. The van der Waals surface area contributed by atoms with Crippen molar-refractivity contribution in [1.82, 2.24) is 10.2 Å². The lowest BCUT2D eigenvalue weighted by atomic mass is 9.93. The van der Waals surface area contributed by atoms with Crippen LogP contribution in [0.15, 0.2) is 0 Å². The maximum Gasteiger partial charge on any atom is 0.225 e. The molecule has 3 heteroatoms. The molecule has 0 radical (unpaired) electrons. The minimum atomic E-state index is 0.150. The Labute approximate surface area is 111 Å². The Balaban J connectivity index is 2.02. The van der Waals surface area contributed by atoms with Gasteiger partial charge in [-0.15, -0.1) is 0 Å². The van der Waals surface area contributed by atoms with Crippen LogP contribution in [0.5, 0.6) is 0 Å². The van der Waals surface area contributed by atoms with E-state index >= 15 is 0 Å². The minimum absolute atomic E-state index is 0.150. The second kappa shape index (κ2) is 5.60. The highest BCUT2D eigenvalue weighted by molar-refractivity contribution is 5.79. The average molecular weight is 252 g/mol. The van der Waals surface area contributed by atoms with Crippen molar-refractivity contribution in [3.05, 3.63) is 0 Å². The summed E-state index contributed by atoms with van der Waals surface area (Å²) in [7, 11) is 0. The molecular weight excluding hydrogens is 224 g/mol. The molecule has 0 spiro atoms. The number of carbonyl (C=O) groups is 1. The van der Waals surface area contributed by atoms with E-state index in [1.165, 1.54) is 12.8 Å². The van der Waals surface area contributed by atoms with Crippen LogP contribution in [0.1, 0.15) is 53.4 Å². The van der Waals surface area contributed by atoms with Gasteiger partial charge in [0.15, 0.2) is 0 Å². The summed E-state index contributed by atoms with van der Waals surface area (Å²) in [5, 5.41) is 3.65. The number of nitrogens with zero attached hydrogens (tertiary/aromatic N) is 1. The van der Waals surface area contributed by atoms with Crippen LogP contribution >= 0.6 is 0 Å². The van der Waals surface area contributed by atoms with Crippen LogP contribution in [-0.2, 0) is 4.79 Å². The molecule has 1 N–H and O–H groups in total. The molecule has 2 rings (SSSR count). The predicted octanol–water partition coefficient (Wildman–Crippen LogP) is 2.41. The summed E-state index contributed by atoms with van der Waals surface area (Å²) >= 11 is 0. The normalized spacial score (nSPS) is 32.6. The zero-order valence-electron chi connectivity index (χ0n) is 12.3. The van der Waals surface area contributed by atoms with Gasteiger partial charge in [-0.1, -0.05) is 20.8 Å². The number of piperidine rings is 1. The third-order valence-electron chi connectivity index (χ3n) is 4.90. The van der Waals surface area contributed by atoms with E-state index in [-0.39, 0.29) is 5.92 Å². The van der Waals surface area contributed by atoms with Crippen LogP contribution in [0, 0.1) is 11.8 Å². The van der Waals surface area contributed by atoms with Crippen molar-refractivity contribution in [3.8, 4) is 0 Å². The van der Waals surface area contributed by atoms with Crippen molar-refractivity contribution in [3.63, 3.8) is 0 Å². The van der Waals surface area contributed by atoms with E-state index in [0.29, 0.717) is 30.0 Å². The summed E-state index contributed by atoms with van der Waals surface area (Å²) in [6.07, 6.45) is 4.90. The van der Waals surface area contributed by atoms with E-state index in [1.807, 2.05) is 0 Å². The number of hydrogen-bond donors (Lipinski definition) is 1. The maximum absolute atomic E-state index is 12.6. The van der Waals surface area contributed by atoms with E-state index in [4.69, 9.17) is 0 Å². The molecule has 0 aromatic heterocycles. The highest BCUT2D eigenvalue weighted by Crippen LogP contribution is 2.30. The van der Waals surface area contributed by atoms with Gasteiger partial charge in [0.05, 0.1) is 0 Å². The summed E-state index contributed by atoms with van der Waals surface area (Å²) in [5.74, 6) is 0.946. The maximum atomic E-state index is 12.6. The van der Waals surface area contributed by atoms with Crippen LogP contribution in [0.2, 0.25) is 0 Å². The first-order valence-electron chi connectivity index (χ1n) is 7.59. The Morgan fingerprint density at radius 2 is 1.78 bits per heavy atom. The molecule has 3 nitrogen and oxygen atoms in total. The van der Waals surface area contributed by atoms with E-state index in [2.05, 4.69) is 37.9 Å². The molecule has 2 heterocycles. The standard InChI is InChI=1S/C15H28N2O/c1-5-17(15(18)11(4)10(2)3)14-8-12-6-7-13(9-14)16-12/h10-14,16H,5-9H2,1-4H3. The van der Waals surface area contributed by atoms with Crippen LogP contribution in [0.4, 0.5) is 0 Å². The lowest BCUT2D eigenvalue weighted by Crippen LogP contribution is -2.51. The molecule has 2 aliphatic rings. The summed E-state index contributed by atoms with van der Waals surface area (Å²) in [6, 6.07) is 1.79. The van der Waals surface area contributed by atoms with Gasteiger partial charge in [0.25, 0.3) is 0 Å². The summed E-state index contributed by atoms with van der Waals surface area (Å²) in [4.78, 5) is 14.7. The third kappa shape index (κ3) is 2.71. The molecule has 3 unspecified atom stereocenters. The number of carbonyl (C=O) groups excluding carboxylic acids is 1. The van der Waals surface area contributed by atoms with Gasteiger partial charge in [-0.3, -0.25) is 4.79 Å². The second-order valence-corrected chi connectivity index (χ2v) is 6.42. The van der Waals surface area contributed by atoms with Gasteiger partial charge in [0.1, 0.15) is 0 Å². The highest BCUT2D eigenvalue weighted by Gasteiger charge is 2.38. The lowest BCUT2D eigenvalue weighted by Gasteiger charge is -2.39. The zero-order chi connectivity index (χ0) is 13.3. The van der Waals surface area contributed by atoms with Crippen molar-refractivity contribution in [2.24, 2.45) is 11.8 Å². The average Bonchev–Trinajstić information content (AvgIpc) is 2.68. The van der Waals surface area contributed by atoms with Crippen LogP contribution in [0.3, 0.4) is 0 Å². The largest absolute Gasteiger partial charge is 0.340 e. The molecule has 2 bridgehead atoms. The van der Waals surface area contributed by atoms with E-state index < -0.39 is 0 Å². The van der Waals surface area contributed by atoms with E-state index in [1.54, 1.807) is 0 Å². The molecule has 1 amide bonds. The molecule has 2 saturated heterocycles. The van der Waals surface area contributed by atoms with Crippen molar-refractivity contribution in [2.45, 2.75) is 71.5 Å². The van der Waals surface area contributed by atoms with Crippen LogP contribution < -0.4 is 5.32 Å². The first kappa shape index (κ1) is 13.9. The Kier molecular flexibility index (Phi) is 4.31. The van der Waals surface area contributed by atoms with Gasteiger partial charge in [-0.05, 0) is 38.5 Å². The SMILES string of the molecule is CCN(C(=O)C(C)C(C)C)C1CC2CCC(C1)N2. The lowest BCUT2D eigenvalue weighted by molar-refractivity contribution is -0.139. The quantitative estimate of drug-likeness (QED) is 0.833. The molecule has 18 heavy (non-hydrogen) atoms. The van der Waals surface area contributed by atoms with E-state index in [9.17, 15) is 4.79 Å². The molecule has 0 aromatic carbocycles. The Bertz CT molecular complexity index is 291. The van der Waals surface area contributed by atoms with Gasteiger partial charge in [-0.25, -0.2) is 0 Å². The fourth-order valence-electron chi connectivity index (χ4n) is 3.42. The first-order valence-corrected chi connectivity index (χ1v) is 7.59. The van der Waals surface area contributed by atoms with Crippen LogP contribution in [0.25, 0.3) is 0 Å². The predicted molar refractivity (Wildman–Crippen MR) is 74.4 cm³/mol. The topological polar surface area (TPSA) is 32.3 Å². The molecule has 104 valence electrons.